The van der Waals surface area contributed by atoms with Gasteiger partial charge in [0.25, 0.3) is 5.69 Å². The molecule has 0 aliphatic carbocycles. The van der Waals surface area contributed by atoms with Gasteiger partial charge in [-0.25, -0.2) is 4.79 Å². The third-order valence-corrected chi connectivity index (χ3v) is 2.86. The fourth-order valence-corrected chi connectivity index (χ4v) is 1.58. The third kappa shape index (κ3) is 6.74. The largest absolute Gasteiger partial charge is 0.503 e. The Balaban J connectivity index is 0.000000885. The fraction of sp³-hybridized carbons (Fsp3) is 0.533. The van der Waals surface area contributed by atoms with Crippen LogP contribution in [0.3, 0.4) is 0 Å². The van der Waals surface area contributed by atoms with Crippen molar-refractivity contribution in [2.75, 3.05) is 0 Å². The van der Waals surface area contributed by atoms with E-state index in [4.69, 9.17) is 15.0 Å². The number of benzene rings is 1. The van der Waals surface area contributed by atoms with Gasteiger partial charge in [0.1, 0.15) is 0 Å². The Hall–Kier alpha value is -2.11. The number of nitro groups is 1. The number of carbonyl (C=O) groups is 1. The minimum absolute atomic E-state index is 0.0774. The van der Waals surface area contributed by atoms with Gasteiger partial charge in [0.15, 0.2) is 0 Å². The minimum Gasteiger partial charge on any atom is -0.450 e. The van der Waals surface area contributed by atoms with Crippen molar-refractivity contribution < 1.29 is 19.9 Å². The number of carboxylic acid groups (broad SMARTS) is 2. The summed E-state index contributed by atoms with van der Waals surface area (Å²) in [6.45, 7) is 12.4. The van der Waals surface area contributed by atoms with E-state index in [-0.39, 0.29) is 21.4 Å². The van der Waals surface area contributed by atoms with E-state index in [0.717, 1.165) is 11.1 Å². The molecule has 0 aliphatic rings. The fourth-order valence-electron chi connectivity index (χ4n) is 1.58. The molecule has 6 nitrogen and oxygen atoms in total. The molecule has 1 aromatic rings. The Morgan fingerprint density at radius 1 is 0.952 bits per heavy atom. The molecule has 0 spiro atoms. The van der Waals surface area contributed by atoms with Gasteiger partial charge in [0.05, 0.1) is 4.92 Å². The number of hydrogen-bond acceptors (Lipinski definition) is 3. The van der Waals surface area contributed by atoms with Crippen molar-refractivity contribution in [2.45, 2.75) is 52.4 Å². The van der Waals surface area contributed by atoms with Crippen LogP contribution in [0, 0.1) is 10.1 Å². The van der Waals surface area contributed by atoms with Crippen molar-refractivity contribution in [1.82, 2.24) is 0 Å². The van der Waals surface area contributed by atoms with Crippen LogP contribution in [0.5, 0.6) is 0 Å². The van der Waals surface area contributed by atoms with Crippen molar-refractivity contribution in [2.24, 2.45) is 0 Å². The number of nitro benzene ring substituents is 1. The Bertz CT molecular complexity index is 488. The molecule has 21 heavy (non-hydrogen) atoms. The van der Waals surface area contributed by atoms with Crippen LogP contribution in [0.1, 0.15) is 52.7 Å². The lowest BCUT2D eigenvalue weighted by atomic mass is 9.80. The first-order chi connectivity index (χ1) is 9.25. The van der Waals surface area contributed by atoms with Gasteiger partial charge in [-0.3, -0.25) is 10.1 Å². The number of hydrogen-bond donors (Lipinski definition) is 2. The Morgan fingerprint density at radius 2 is 1.24 bits per heavy atom. The van der Waals surface area contributed by atoms with Crippen LogP contribution in [0.15, 0.2) is 18.2 Å². The summed E-state index contributed by atoms with van der Waals surface area (Å²) in [5.41, 5.74) is 2.05. The summed E-state index contributed by atoms with van der Waals surface area (Å²) >= 11 is 0. The van der Waals surface area contributed by atoms with E-state index >= 15 is 0 Å². The SMILES string of the molecule is CC(C)(C)c1cc([N+](=O)[O-])cc(C(C)(C)C)c1.O=C(O)O. The van der Waals surface area contributed by atoms with Gasteiger partial charge in [-0.2, -0.15) is 0 Å². The molecule has 1 rings (SSSR count). The van der Waals surface area contributed by atoms with Crippen molar-refractivity contribution in [1.29, 1.82) is 0 Å². The molecule has 0 unspecified atom stereocenters. The molecule has 0 saturated carbocycles. The Labute approximate surface area is 124 Å². The predicted molar refractivity (Wildman–Crippen MR) is 81.2 cm³/mol. The zero-order valence-electron chi connectivity index (χ0n) is 13.3. The lowest BCUT2D eigenvalue weighted by Crippen LogP contribution is -2.16. The highest BCUT2D eigenvalue weighted by Crippen LogP contribution is 2.32. The summed E-state index contributed by atoms with van der Waals surface area (Å²) in [5, 5.41) is 24.9. The van der Waals surface area contributed by atoms with Gasteiger partial charge < -0.3 is 10.2 Å². The summed E-state index contributed by atoms with van der Waals surface area (Å²) in [4.78, 5) is 19.2. The van der Waals surface area contributed by atoms with Gasteiger partial charge in [-0.1, -0.05) is 47.6 Å². The first-order valence-electron chi connectivity index (χ1n) is 6.47. The van der Waals surface area contributed by atoms with Crippen LogP contribution in [0.2, 0.25) is 0 Å². The van der Waals surface area contributed by atoms with E-state index in [1.54, 1.807) is 12.1 Å². The monoisotopic (exact) mass is 297 g/mol. The molecule has 0 aliphatic heterocycles. The highest BCUT2D eigenvalue weighted by atomic mass is 16.6. The molecule has 2 N–H and O–H groups in total. The molecular weight excluding hydrogens is 274 g/mol. The van der Waals surface area contributed by atoms with Crippen LogP contribution in [-0.2, 0) is 10.8 Å². The van der Waals surface area contributed by atoms with Crippen LogP contribution < -0.4 is 0 Å². The summed E-state index contributed by atoms with van der Waals surface area (Å²) in [7, 11) is 0. The highest BCUT2D eigenvalue weighted by Gasteiger charge is 2.23. The lowest BCUT2D eigenvalue weighted by molar-refractivity contribution is -0.385. The highest BCUT2D eigenvalue weighted by molar-refractivity contribution is 5.53. The maximum Gasteiger partial charge on any atom is 0.503 e. The Kier molecular flexibility index (Phi) is 5.90. The third-order valence-electron chi connectivity index (χ3n) is 2.86. The van der Waals surface area contributed by atoms with Crippen LogP contribution in [0.25, 0.3) is 0 Å². The van der Waals surface area contributed by atoms with E-state index in [2.05, 4.69) is 47.6 Å². The molecule has 0 atom stereocenters. The molecule has 0 bridgehead atoms. The summed E-state index contributed by atoms with van der Waals surface area (Å²) in [6, 6.07) is 5.43. The topological polar surface area (TPSA) is 101 Å². The smallest absolute Gasteiger partial charge is 0.450 e. The summed E-state index contributed by atoms with van der Waals surface area (Å²) in [6.07, 6.45) is -1.83. The number of rotatable bonds is 1. The number of non-ortho nitro benzene ring substituents is 1. The van der Waals surface area contributed by atoms with Gasteiger partial charge in [-0.15, -0.1) is 0 Å². The van der Waals surface area contributed by atoms with Crippen LogP contribution >= 0.6 is 0 Å². The average molecular weight is 297 g/mol. The number of nitrogens with zero attached hydrogens (tertiary/aromatic N) is 1. The molecule has 0 heterocycles. The maximum atomic E-state index is 11.0. The standard InChI is InChI=1S/C14H21NO2.CH2O3/c1-13(2,3)10-7-11(14(4,5)6)9-12(8-10)15(16)17;2-1(3)4/h7-9H,1-6H3;(H2,2,3,4). The molecule has 0 amide bonds. The second-order valence-electron chi connectivity index (χ2n) is 6.81. The molecule has 0 aromatic heterocycles. The molecule has 6 heteroatoms. The second-order valence-corrected chi connectivity index (χ2v) is 6.81. The lowest BCUT2D eigenvalue weighted by Gasteiger charge is -2.24. The van der Waals surface area contributed by atoms with Crippen molar-refractivity contribution in [3.8, 4) is 0 Å². The molecule has 118 valence electrons. The molecule has 0 radical (unpaired) electrons. The van der Waals surface area contributed by atoms with E-state index in [9.17, 15) is 10.1 Å². The van der Waals surface area contributed by atoms with E-state index < -0.39 is 6.16 Å². The van der Waals surface area contributed by atoms with Gasteiger partial charge in [0, 0.05) is 12.1 Å². The minimum atomic E-state index is -1.83. The predicted octanol–water partition coefficient (Wildman–Crippen LogP) is 4.41. The van der Waals surface area contributed by atoms with Gasteiger partial charge in [-0.05, 0) is 22.0 Å². The van der Waals surface area contributed by atoms with E-state index in [1.165, 1.54) is 0 Å². The average Bonchev–Trinajstić information content (AvgIpc) is 2.25. The molecular formula is C15H23NO5. The van der Waals surface area contributed by atoms with E-state index in [1.807, 2.05) is 0 Å². The quantitative estimate of drug-likeness (QED) is 0.590. The van der Waals surface area contributed by atoms with Gasteiger partial charge >= 0.3 is 6.16 Å². The van der Waals surface area contributed by atoms with Crippen LogP contribution in [-0.4, -0.2) is 21.3 Å². The van der Waals surface area contributed by atoms with E-state index in [0.29, 0.717) is 0 Å². The van der Waals surface area contributed by atoms with Crippen molar-refractivity contribution in [3.63, 3.8) is 0 Å². The zero-order valence-corrected chi connectivity index (χ0v) is 13.3. The second kappa shape index (κ2) is 6.56. The first kappa shape index (κ1) is 18.9. The van der Waals surface area contributed by atoms with Crippen molar-refractivity contribution in [3.05, 3.63) is 39.4 Å². The Morgan fingerprint density at radius 3 is 1.43 bits per heavy atom. The normalized spacial score (nSPS) is 11.3. The molecule has 1 aromatic carbocycles. The summed E-state index contributed by atoms with van der Waals surface area (Å²) < 4.78 is 0. The van der Waals surface area contributed by atoms with Gasteiger partial charge in [0.2, 0.25) is 0 Å². The zero-order chi connectivity index (χ0) is 17.0. The summed E-state index contributed by atoms with van der Waals surface area (Å²) in [5.74, 6) is 0. The molecule has 0 saturated heterocycles. The van der Waals surface area contributed by atoms with Crippen LogP contribution in [0.4, 0.5) is 10.5 Å². The van der Waals surface area contributed by atoms with Crippen molar-refractivity contribution >= 4 is 11.8 Å². The molecule has 0 fully saturated rings. The first-order valence-corrected chi connectivity index (χ1v) is 6.47. The maximum absolute atomic E-state index is 11.0.